The molecule has 4 aliphatic rings. The van der Waals surface area contributed by atoms with Crippen LogP contribution in [-0.4, -0.2) is 12.1 Å². The van der Waals surface area contributed by atoms with E-state index in [1.807, 2.05) is 0 Å². The monoisotopic (exact) mass is 408 g/mol. The van der Waals surface area contributed by atoms with Gasteiger partial charge in [-0.05, 0) is 95.3 Å². The van der Waals surface area contributed by atoms with Crippen LogP contribution in [0.1, 0.15) is 105 Å². The van der Waals surface area contributed by atoms with Gasteiger partial charge in [0, 0.05) is 23.5 Å². The first-order valence-corrected chi connectivity index (χ1v) is 12.5. The van der Waals surface area contributed by atoms with Gasteiger partial charge in [0.2, 0.25) is 0 Å². The molecule has 2 fully saturated rings. The van der Waals surface area contributed by atoms with Crippen LogP contribution < -0.4 is 10.6 Å². The summed E-state index contributed by atoms with van der Waals surface area (Å²) in [5, 5.41) is 8.11. The van der Waals surface area contributed by atoms with Gasteiger partial charge in [-0.15, -0.1) is 0 Å². The Hall–Kier alpha value is -1.18. The zero-order valence-electron chi connectivity index (χ0n) is 20.7. The van der Waals surface area contributed by atoms with Crippen LogP contribution in [0.15, 0.2) is 12.1 Å². The van der Waals surface area contributed by atoms with Crippen LogP contribution in [0.2, 0.25) is 0 Å². The Morgan fingerprint density at radius 3 is 1.37 bits per heavy atom. The molecule has 2 heterocycles. The molecule has 166 valence electrons. The van der Waals surface area contributed by atoms with Crippen molar-refractivity contribution in [1.29, 1.82) is 0 Å². The maximum absolute atomic E-state index is 4.06. The Balaban J connectivity index is 1.57. The third-order valence-corrected chi connectivity index (χ3v) is 9.86. The summed E-state index contributed by atoms with van der Waals surface area (Å²) in [5.41, 5.74) is 7.29. The number of hydrogen-bond donors (Lipinski definition) is 2. The summed E-state index contributed by atoms with van der Waals surface area (Å²) >= 11 is 0. The number of nitrogens with one attached hydrogen (secondary N) is 2. The lowest BCUT2D eigenvalue weighted by atomic mass is 9.56. The van der Waals surface area contributed by atoms with Crippen LogP contribution in [0.25, 0.3) is 0 Å². The zero-order valence-corrected chi connectivity index (χ0v) is 20.7. The summed E-state index contributed by atoms with van der Waals surface area (Å²) in [5.74, 6) is 1.46. The molecule has 0 radical (unpaired) electrons. The maximum Gasteiger partial charge on any atom is 0.0385 e. The lowest BCUT2D eigenvalue weighted by Gasteiger charge is -2.55. The highest BCUT2D eigenvalue weighted by molar-refractivity contribution is 5.71. The van der Waals surface area contributed by atoms with E-state index in [0.717, 1.165) is 11.8 Å². The van der Waals surface area contributed by atoms with E-state index in [-0.39, 0.29) is 10.8 Å². The standard InChI is InChI=1S/C28H44N2/c1-25(2)11-9-17-23(15-25)29-21-13-20-22(14-19(21)27(17,5)6)30-24-16-26(3,4)12-10-18(24)28(20,7)8/h13-14,17-18,23-24,29-30H,9-12,15-16H2,1-8H3/t17-,18-,23-,24-/m1/s1. The van der Waals surface area contributed by atoms with Gasteiger partial charge in [-0.2, -0.15) is 0 Å². The zero-order chi connectivity index (χ0) is 21.7. The van der Waals surface area contributed by atoms with E-state index in [4.69, 9.17) is 0 Å². The predicted octanol–water partition coefficient (Wildman–Crippen LogP) is 7.48. The van der Waals surface area contributed by atoms with Gasteiger partial charge in [0.25, 0.3) is 0 Å². The van der Waals surface area contributed by atoms with E-state index in [2.05, 4.69) is 78.2 Å². The minimum atomic E-state index is 0.227. The molecule has 0 unspecified atom stereocenters. The fourth-order valence-electron chi connectivity index (χ4n) is 7.91. The highest BCUT2D eigenvalue weighted by atomic mass is 15.0. The van der Waals surface area contributed by atoms with Gasteiger partial charge in [0.05, 0.1) is 0 Å². The first kappa shape index (κ1) is 20.7. The molecule has 0 aromatic heterocycles. The van der Waals surface area contributed by atoms with Crippen molar-refractivity contribution in [2.45, 2.75) is 117 Å². The van der Waals surface area contributed by atoms with E-state index in [1.54, 1.807) is 11.1 Å². The van der Waals surface area contributed by atoms with Crippen molar-refractivity contribution >= 4 is 11.4 Å². The molecule has 2 aliphatic heterocycles. The van der Waals surface area contributed by atoms with Crippen molar-refractivity contribution in [3.8, 4) is 0 Å². The normalized spacial score (nSPS) is 36.8. The van der Waals surface area contributed by atoms with Crippen molar-refractivity contribution in [1.82, 2.24) is 0 Å². The molecule has 1 aromatic carbocycles. The Bertz CT molecular complexity index is 788. The lowest BCUT2D eigenvalue weighted by molar-refractivity contribution is 0.116. The van der Waals surface area contributed by atoms with Crippen molar-refractivity contribution < 1.29 is 0 Å². The first-order valence-electron chi connectivity index (χ1n) is 12.5. The molecule has 2 saturated carbocycles. The number of benzene rings is 1. The van der Waals surface area contributed by atoms with E-state index < -0.39 is 0 Å². The molecule has 0 saturated heterocycles. The van der Waals surface area contributed by atoms with Crippen molar-refractivity contribution in [3.63, 3.8) is 0 Å². The Morgan fingerprint density at radius 1 is 0.633 bits per heavy atom. The summed E-state index contributed by atoms with van der Waals surface area (Å²) in [7, 11) is 0. The van der Waals surface area contributed by atoms with Gasteiger partial charge in [-0.25, -0.2) is 0 Å². The average molecular weight is 409 g/mol. The van der Waals surface area contributed by atoms with E-state index in [1.165, 1.54) is 49.9 Å². The van der Waals surface area contributed by atoms with Gasteiger partial charge in [0.1, 0.15) is 0 Å². The molecule has 2 nitrogen and oxygen atoms in total. The summed E-state index contributed by atoms with van der Waals surface area (Å²) in [6, 6.07) is 6.31. The van der Waals surface area contributed by atoms with Gasteiger partial charge in [0.15, 0.2) is 0 Å². The summed E-state index contributed by atoms with van der Waals surface area (Å²) in [6.45, 7) is 19.9. The highest BCUT2D eigenvalue weighted by Gasteiger charge is 2.50. The Kier molecular flexibility index (Phi) is 4.28. The molecule has 2 heteroatoms. The van der Waals surface area contributed by atoms with Gasteiger partial charge in [-0.3, -0.25) is 0 Å². The maximum atomic E-state index is 4.06. The van der Waals surface area contributed by atoms with Crippen LogP contribution in [0.4, 0.5) is 11.4 Å². The number of anilines is 2. The Labute approximate surface area is 185 Å². The van der Waals surface area contributed by atoms with Crippen LogP contribution in [-0.2, 0) is 10.8 Å². The van der Waals surface area contributed by atoms with Gasteiger partial charge < -0.3 is 10.6 Å². The van der Waals surface area contributed by atoms with Crippen LogP contribution >= 0.6 is 0 Å². The molecule has 30 heavy (non-hydrogen) atoms. The van der Waals surface area contributed by atoms with E-state index in [0.29, 0.717) is 22.9 Å². The van der Waals surface area contributed by atoms with E-state index >= 15 is 0 Å². The Morgan fingerprint density at radius 2 is 1.00 bits per heavy atom. The molecular formula is C28H44N2. The molecule has 4 atom stereocenters. The first-order chi connectivity index (χ1) is 13.8. The second-order valence-corrected chi connectivity index (χ2v) is 13.9. The SMILES string of the molecule is CC1(C)CC[C@@H]2[C@@H](C1)Nc1cc3c(cc1C2(C)C)N[C@@H]1CC(C)(C)CC[C@H]1C3(C)C. The molecular weight excluding hydrogens is 364 g/mol. The highest BCUT2D eigenvalue weighted by Crippen LogP contribution is 2.56. The fourth-order valence-corrected chi connectivity index (χ4v) is 7.91. The van der Waals surface area contributed by atoms with Crippen molar-refractivity contribution in [3.05, 3.63) is 23.3 Å². The predicted molar refractivity (Wildman–Crippen MR) is 130 cm³/mol. The molecule has 0 amide bonds. The minimum absolute atomic E-state index is 0.227. The molecule has 0 spiro atoms. The quantitative estimate of drug-likeness (QED) is 0.465. The molecule has 1 aromatic rings. The summed E-state index contributed by atoms with van der Waals surface area (Å²) < 4.78 is 0. The van der Waals surface area contributed by atoms with Crippen molar-refractivity contribution in [2.75, 3.05) is 10.6 Å². The summed E-state index contributed by atoms with van der Waals surface area (Å²) in [4.78, 5) is 0. The molecule has 0 bridgehead atoms. The van der Waals surface area contributed by atoms with Gasteiger partial charge >= 0.3 is 0 Å². The molecule has 2 aliphatic carbocycles. The lowest BCUT2D eigenvalue weighted by Crippen LogP contribution is -2.52. The third kappa shape index (κ3) is 3.03. The third-order valence-electron chi connectivity index (χ3n) is 9.86. The molecule has 5 rings (SSSR count). The van der Waals surface area contributed by atoms with E-state index in [9.17, 15) is 0 Å². The number of hydrogen-bond acceptors (Lipinski definition) is 2. The van der Waals surface area contributed by atoms with Crippen molar-refractivity contribution in [2.24, 2.45) is 22.7 Å². The largest absolute Gasteiger partial charge is 0.382 e. The second kappa shape index (κ2) is 6.20. The number of fused-ring (bicyclic) bond motifs is 4. The minimum Gasteiger partial charge on any atom is -0.382 e. The second-order valence-electron chi connectivity index (χ2n) is 13.9. The van der Waals surface area contributed by atoms with Crippen LogP contribution in [0.3, 0.4) is 0 Å². The number of rotatable bonds is 0. The van der Waals surface area contributed by atoms with Crippen LogP contribution in [0, 0.1) is 22.7 Å². The van der Waals surface area contributed by atoms with Gasteiger partial charge in [-0.1, -0.05) is 55.4 Å². The average Bonchev–Trinajstić information content (AvgIpc) is 2.59. The topological polar surface area (TPSA) is 24.1 Å². The summed E-state index contributed by atoms with van der Waals surface area (Å²) in [6.07, 6.45) is 7.96. The van der Waals surface area contributed by atoms with Crippen LogP contribution in [0.5, 0.6) is 0 Å². The fraction of sp³-hybridized carbons (Fsp3) is 0.786. The molecule has 2 N–H and O–H groups in total. The smallest absolute Gasteiger partial charge is 0.0385 e.